The van der Waals surface area contributed by atoms with Gasteiger partial charge in [-0.3, -0.25) is 13.9 Å². The largest absolute Gasteiger partial charge is 0.350 e. The zero-order valence-electron chi connectivity index (χ0n) is 25.7. The summed E-state index contributed by atoms with van der Waals surface area (Å²) in [5.41, 5.74) is 2.23. The highest BCUT2D eigenvalue weighted by Gasteiger charge is 2.35. The number of aryl methyl sites for hydroxylation is 1. The molecule has 7 nitrogen and oxygen atoms in total. The number of nitrogens with one attached hydrogen (secondary N) is 1. The first kappa shape index (κ1) is 34.0. The number of rotatable bonds is 11. The van der Waals surface area contributed by atoms with Crippen LogP contribution in [-0.2, 0) is 32.6 Å². The SMILES string of the molecule is Cc1ccc(CN(C(=O)CN(c2cc(Cl)cc(Cl)c2)S(=O)(=O)c2ccccc2)[C@@H](Cc2ccccc2)C(=O)NC(C)(C)C)cc1. The number of benzene rings is 4. The molecule has 0 saturated carbocycles. The summed E-state index contributed by atoms with van der Waals surface area (Å²) in [7, 11) is -4.26. The second kappa shape index (κ2) is 14.5. The molecule has 10 heteroatoms. The van der Waals surface area contributed by atoms with E-state index in [1.165, 1.54) is 35.2 Å². The molecule has 1 N–H and O–H groups in total. The number of sulfonamides is 1. The lowest BCUT2D eigenvalue weighted by Crippen LogP contribution is -2.56. The second-order valence-electron chi connectivity index (χ2n) is 11.9. The summed E-state index contributed by atoms with van der Waals surface area (Å²) in [5.74, 6) is -0.925. The number of hydrogen-bond donors (Lipinski definition) is 1. The molecule has 0 unspecified atom stereocenters. The molecule has 0 spiro atoms. The van der Waals surface area contributed by atoms with E-state index in [4.69, 9.17) is 23.2 Å². The first-order valence-corrected chi connectivity index (χ1v) is 16.7. The highest BCUT2D eigenvalue weighted by molar-refractivity contribution is 7.92. The Morgan fingerprint density at radius 3 is 1.91 bits per heavy atom. The topological polar surface area (TPSA) is 86.8 Å². The average Bonchev–Trinajstić information content (AvgIpc) is 2.98. The van der Waals surface area contributed by atoms with Crippen LogP contribution in [0.5, 0.6) is 0 Å². The minimum Gasteiger partial charge on any atom is -0.350 e. The lowest BCUT2D eigenvalue weighted by Gasteiger charge is -2.35. The molecule has 236 valence electrons. The van der Waals surface area contributed by atoms with Crippen molar-refractivity contribution in [3.8, 4) is 0 Å². The average molecular weight is 667 g/mol. The molecular formula is C35H37Cl2N3O4S. The molecule has 0 heterocycles. The van der Waals surface area contributed by atoms with Crippen molar-refractivity contribution < 1.29 is 18.0 Å². The summed E-state index contributed by atoms with van der Waals surface area (Å²) in [6.45, 7) is 7.04. The third-order valence-electron chi connectivity index (χ3n) is 6.99. The van der Waals surface area contributed by atoms with Crippen LogP contribution in [0, 0.1) is 6.92 Å². The fourth-order valence-corrected chi connectivity index (χ4v) is 6.76. The maximum Gasteiger partial charge on any atom is 0.264 e. The van der Waals surface area contributed by atoms with Crippen molar-refractivity contribution in [3.05, 3.63) is 130 Å². The first-order valence-electron chi connectivity index (χ1n) is 14.5. The number of nitrogens with zero attached hydrogens (tertiary/aromatic N) is 2. The van der Waals surface area contributed by atoms with E-state index >= 15 is 0 Å². The standard InChI is InChI=1S/C35H37Cl2N3O4S/c1-25-15-17-27(18-16-25)23-39(32(34(42)38-35(2,3)4)19-26-11-7-5-8-12-26)33(41)24-40(30-21-28(36)20-29(37)22-30)45(43,44)31-13-9-6-10-14-31/h5-18,20-22,32H,19,23-24H2,1-4H3,(H,38,42)/t32-/m0/s1. The molecule has 0 aliphatic carbocycles. The van der Waals surface area contributed by atoms with E-state index in [1.807, 2.05) is 82.3 Å². The van der Waals surface area contributed by atoms with Gasteiger partial charge in [-0.1, -0.05) is 102 Å². The zero-order chi connectivity index (χ0) is 32.8. The summed E-state index contributed by atoms with van der Waals surface area (Å²) in [6.07, 6.45) is 0.217. The van der Waals surface area contributed by atoms with Crippen molar-refractivity contribution in [1.29, 1.82) is 0 Å². The normalized spacial score (nSPS) is 12.3. The van der Waals surface area contributed by atoms with Crippen molar-refractivity contribution in [2.45, 2.75) is 57.1 Å². The third kappa shape index (κ3) is 9.33. The number of halogens is 2. The minimum absolute atomic E-state index is 0.00899. The van der Waals surface area contributed by atoms with Crippen molar-refractivity contribution in [3.63, 3.8) is 0 Å². The summed E-state index contributed by atoms with van der Waals surface area (Å²) in [4.78, 5) is 29.9. The van der Waals surface area contributed by atoms with Gasteiger partial charge in [0.2, 0.25) is 11.8 Å². The molecule has 0 aromatic heterocycles. The predicted molar refractivity (Wildman–Crippen MR) is 181 cm³/mol. The predicted octanol–water partition coefficient (Wildman–Crippen LogP) is 7.05. The van der Waals surface area contributed by atoms with E-state index in [0.717, 1.165) is 21.0 Å². The Labute approximate surface area is 275 Å². The van der Waals surface area contributed by atoms with Gasteiger partial charge in [0.15, 0.2) is 0 Å². The number of anilines is 1. The molecule has 2 amide bonds. The summed E-state index contributed by atoms with van der Waals surface area (Å²) in [6, 6.07) is 28.3. The Morgan fingerprint density at radius 1 is 0.800 bits per heavy atom. The summed E-state index contributed by atoms with van der Waals surface area (Å²) in [5, 5.41) is 3.45. The molecule has 0 saturated heterocycles. The van der Waals surface area contributed by atoms with Crippen LogP contribution in [0.25, 0.3) is 0 Å². The molecule has 4 aromatic rings. The van der Waals surface area contributed by atoms with Crippen LogP contribution in [0.3, 0.4) is 0 Å². The minimum atomic E-state index is -4.26. The lowest BCUT2D eigenvalue weighted by molar-refractivity contribution is -0.140. The summed E-state index contributed by atoms with van der Waals surface area (Å²) >= 11 is 12.6. The highest BCUT2D eigenvalue weighted by atomic mass is 35.5. The smallest absolute Gasteiger partial charge is 0.264 e. The van der Waals surface area contributed by atoms with Crippen molar-refractivity contribution in [2.24, 2.45) is 0 Å². The first-order chi connectivity index (χ1) is 21.2. The molecule has 0 bridgehead atoms. The molecule has 0 radical (unpaired) electrons. The van der Waals surface area contributed by atoms with E-state index in [1.54, 1.807) is 18.2 Å². The molecule has 45 heavy (non-hydrogen) atoms. The van der Waals surface area contributed by atoms with E-state index < -0.39 is 34.1 Å². The Bertz CT molecular complexity index is 1710. The number of amides is 2. The molecule has 0 aliphatic rings. The molecule has 0 fully saturated rings. The molecule has 0 aliphatic heterocycles. The van der Waals surface area contributed by atoms with Gasteiger partial charge in [-0.05, 0) is 69.2 Å². The van der Waals surface area contributed by atoms with Gasteiger partial charge in [-0.2, -0.15) is 0 Å². The molecule has 4 aromatic carbocycles. The van der Waals surface area contributed by atoms with Crippen LogP contribution in [-0.4, -0.2) is 43.3 Å². The van der Waals surface area contributed by atoms with Crippen molar-refractivity contribution in [1.82, 2.24) is 10.2 Å². The molecule has 1 atom stereocenters. The van der Waals surface area contributed by atoms with Gasteiger partial charge in [0.1, 0.15) is 12.6 Å². The highest BCUT2D eigenvalue weighted by Crippen LogP contribution is 2.30. The van der Waals surface area contributed by atoms with Crippen LogP contribution in [0.4, 0.5) is 5.69 Å². The van der Waals surface area contributed by atoms with Crippen molar-refractivity contribution in [2.75, 3.05) is 10.8 Å². The number of hydrogen-bond acceptors (Lipinski definition) is 4. The fourth-order valence-electron chi connectivity index (χ4n) is 4.83. The molecule has 4 rings (SSSR count). The summed E-state index contributed by atoms with van der Waals surface area (Å²) < 4.78 is 29.2. The molecular weight excluding hydrogens is 629 g/mol. The van der Waals surface area contributed by atoms with E-state index in [-0.39, 0.29) is 39.5 Å². The van der Waals surface area contributed by atoms with Crippen molar-refractivity contribution >= 4 is 50.7 Å². The Morgan fingerprint density at radius 2 is 1.36 bits per heavy atom. The van der Waals surface area contributed by atoms with E-state index in [2.05, 4.69) is 5.32 Å². The monoisotopic (exact) mass is 665 g/mol. The van der Waals surface area contributed by atoms with E-state index in [9.17, 15) is 18.0 Å². The number of carbonyl (C=O) groups excluding carboxylic acids is 2. The van der Waals surface area contributed by atoms with Crippen LogP contribution in [0.1, 0.15) is 37.5 Å². The van der Waals surface area contributed by atoms with Crippen LogP contribution >= 0.6 is 23.2 Å². The van der Waals surface area contributed by atoms with Gasteiger partial charge in [0, 0.05) is 28.5 Å². The maximum absolute atomic E-state index is 14.5. The van der Waals surface area contributed by atoms with Gasteiger partial charge < -0.3 is 10.2 Å². The van der Waals surface area contributed by atoms with Crippen LogP contribution in [0.15, 0.2) is 108 Å². The van der Waals surface area contributed by atoms with Gasteiger partial charge in [-0.15, -0.1) is 0 Å². The lowest BCUT2D eigenvalue weighted by atomic mass is 10.0. The van der Waals surface area contributed by atoms with Gasteiger partial charge in [0.05, 0.1) is 10.6 Å². The number of carbonyl (C=O) groups is 2. The van der Waals surface area contributed by atoms with Crippen LogP contribution in [0.2, 0.25) is 10.0 Å². The maximum atomic E-state index is 14.5. The van der Waals surface area contributed by atoms with Gasteiger partial charge in [-0.25, -0.2) is 8.42 Å². The Kier molecular flexibility index (Phi) is 11.0. The van der Waals surface area contributed by atoms with Gasteiger partial charge in [0.25, 0.3) is 10.0 Å². The fraction of sp³-hybridized carbons (Fsp3) is 0.257. The van der Waals surface area contributed by atoms with E-state index in [0.29, 0.717) is 0 Å². The third-order valence-corrected chi connectivity index (χ3v) is 9.21. The Balaban J connectivity index is 1.83. The van der Waals surface area contributed by atoms with Crippen LogP contribution < -0.4 is 9.62 Å². The van der Waals surface area contributed by atoms with Gasteiger partial charge >= 0.3 is 0 Å². The quantitative estimate of drug-likeness (QED) is 0.186. The zero-order valence-corrected chi connectivity index (χ0v) is 28.0. The second-order valence-corrected chi connectivity index (χ2v) is 14.6. The Hall–Kier alpha value is -3.85.